The quantitative estimate of drug-likeness (QED) is 0.337. The van der Waals surface area contributed by atoms with Crippen molar-refractivity contribution in [3.63, 3.8) is 0 Å². The number of carboxylic acids is 1. The third-order valence-corrected chi connectivity index (χ3v) is 8.22. The van der Waals surface area contributed by atoms with Crippen molar-refractivity contribution in [2.24, 2.45) is 11.8 Å². The molecule has 2 aliphatic heterocycles. The fourth-order valence-corrected chi connectivity index (χ4v) is 5.87. The van der Waals surface area contributed by atoms with Crippen LogP contribution in [0.4, 0.5) is 4.39 Å². The highest BCUT2D eigenvalue weighted by Crippen LogP contribution is 2.50. The molecule has 3 aromatic rings. The molecule has 2 N–H and O–H groups in total. The second kappa shape index (κ2) is 10.9. The number of aliphatic hydroxyl groups is 1. The summed E-state index contributed by atoms with van der Waals surface area (Å²) >= 11 is 12.2. The van der Waals surface area contributed by atoms with Crippen LogP contribution in [0.25, 0.3) is 0 Å². The number of nitrogens with zero attached hydrogens (tertiary/aromatic N) is 1. The molecule has 5 rings (SSSR count). The molecule has 0 aliphatic carbocycles. The van der Waals surface area contributed by atoms with E-state index in [1.807, 2.05) is 0 Å². The number of halogens is 3. The zero-order valence-corrected chi connectivity index (χ0v) is 23.0. The number of aliphatic carboxylic acids is 1. The number of ether oxygens (including phenoxy) is 1. The number of hydrogen-bond acceptors (Lipinski definition) is 5. The Hall–Kier alpha value is -3.30. The Bertz CT molecular complexity index is 1470. The standard InChI is InChI=1S/C30H26Cl2FNO6/c1-16(29(37)38)26(17-2-6-21(31)7-3-17)34-28(36)23-14-19(27(35)18-10-12-40-13-11-18)15-24(33)25(23)30(34,39)20-4-8-22(32)9-5-20/h2-9,14-16,18,26,39H,10-13H2,1H3,(H,37,38)/t16-,26-,30?/m0/s1. The van der Waals surface area contributed by atoms with Crippen LogP contribution in [-0.4, -0.2) is 46.0 Å². The lowest BCUT2D eigenvalue weighted by Crippen LogP contribution is -2.49. The predicted molar refractivity (Wildman–Crippen MR) is 146 cm³/mol. The number of ketones is 1. The first kappa shape index (κ1) is 28.2. The van der Waals surface area contributed by atoms with E-state index in [0.29, 0.717) is 41.7 Å². The number of fused-ring (bicyclic) bond motifs is 1. The van der Waals surface area contributed by atoms with E-state index in [2.05, 4.69) is 0 Å². The normalized spacial score (nSPS) is 20.7. The van der Waals surface area contributed by atoms with Gasteiger partial charge in [0.15, 0.2) is 11.5 Å². The summed E-state index contributed by atoms with van der Waals surface area (Å²) in [6, 6.07) is 13.1. The van der Waals surface area contributed by atoms with Gasteiger partial charge >= 0.3 is 5.97 Å². The average Bonchev–Trinajstić information content (AvgIpc) is 3.17. The van der Waals surface area contributed by atoms with Gasteiger partial charge in [-0.3, -0.25) is 19.3 Å². The van der Waals surface area contributed by atoms with E-state index >= 15 is 4.39 Å². The maximum atomic E-state index is 16.1. The Kier molecular flexibility index (Phi) is 7.72. The Labute approximate surface area is 240 Å². The number of carbonyl (C=O) groups is 3. The highest BCUT2D eigenvalue weighted by molar-refractivity contribution is 6.30. The molecule has 2 heterocycles. The van der Waals surface area contributed by atoms with E-state index < -0.39 is 35.4 Å². The van der Waals surface area contributed by atoms with Gasteiger partial charge in [0.1, 0.15) is 5.82 Å². The lowest BCUT2D eigenvalue weighted by molar-refractivity contribution is -0.147. The number of benzene rings is 3. The van der Waals surface area contributed by atoms with Crippen LogP contribution >= 0.6 is 23.2 Å². The number of hydrogen-bond donors (Lipinski definition) is 2. The summed E-state index contributed by atoms with van der Waals surface area (Å²) in [5, 5.41) is 23.2. The molecule has 0 spiro atoms. The summed E-state index contributed by atoms with van der Waals surface area (Å²) in [6.07, 6.45) is 0.947. The van der Waals surface area contributed by atoms with Gasteiger partial charge in [-0.1, -0.05) is 47.5 Å². The molecular formula is C30H26Cl2FNO6. The molecule has 0 radical (unpaired) electrons. The van der Waals surface area contributed by atoms with Crippen LogP contribution in [0.5, 0.6) is 0 Å². The Morgan fingerprint density at radius 1 is 1.02 bits per heavy atom. The van der Waals surface area contributed by atoms with Gasteiger partial charge in [-0.05, 0) is 61.7 Å². The summed E-state index contributed by atoms with van der Waals surface area (Å²) < 4.78 is 21.4. The number of carboxylic acid groups (broad SMARTS) is 1. The van der Waals surface area contributed by atoms with Crippen molar-refractivity contribution in [3.8, 4) is 0 Å². The van der Waals surface area contributed by atoms with Crippen LogP contribution in [0.15, 0.2) is 60.7 Å². The molecule has 0 saturated carbocycles. The molecule has 1 unspecified atom stereocenters. The maximum absolute atomic E-state index is 16.1. The van der Waals surface area contributed by atoms with Gasteiger partial charge in [0.2, 0.25) is 0 Å². The zero-order chi connectivity index (χ0) is 28.8. The number of Topliss-reactive ketones (excluding diaryl/α,β-unsaturated/α-hetero) is 1. The lowest BCUT2D eigenvalue weighted by atomic mass is 9.86. The van der Waals surface area contributed by atoms with Gasteiger partial charge in [-0.2, -0.15) is 0 Å². The Morgan fingerprint density at radius 2 is 1.60 bits per heavy atom. The van der Waals surface area contributed by atoms with Crippen LogP contribution in [0, 0.1) is 17.7 Å². The fourth-order valence-electron chi connectivity index (χ4n) is 5.61. The van der Waals surface area contributed by atoms with Crippen molar-refractivity contribution >= 4 is 40.9 Å². The third kappa shape index (κ3) is 4.79. The van der Waals surface area contributed by atoms with E-state index in [4.69, 9.17) is 27.9 Å². The summed E-state index contributed by atoms with van der Waals surface area (Å²) in [5.74, 6) is -4.95. The zero-order valence-electron chi connectivity index (χ0n) is 21.4. The van der Waals surface area contributed by atoms with E-state index in [0.717, 1.165) is 11.0 Å². The number of rotatable bonds is 7. The van der Waals surface area contributed by atoms with Crippen molar-refractivity contribution in [1.29, 1.82) is 0 Å². The lowest BCUT2D eigenvalue weighted by Gasteiger charge is -2.42. The fraction of sp³-hybridized carbons (Fsp3) is 0.300. The van der Waals surface area contributed by atoms with Crippen LogP contribution in [0.1, 0.15) is 63.2 Å². The van der Waals surface area contributed by atoms with Crippen LogP contribution in [0.3, 0.4) is 0 Å². The summed E-state index contributed by atoms with van der Waals surface area (Å²) in [7, 11) is 0. The Balaban J connectivity index is 1.73. The second-order valence-electron chi connectivity index (χ2n) is 10.1. The first-order chi connectivity index (χ1) is 19.0. The minimum absolute atomic E-state index is 0.00568. The molecule has 7 nitrogen and oxygen atoms in total. The molecular weight excluding hydrogens is 560 g/mol. The van der Waals surface area contributed by atoms with Gasteiger partial charge in [0.05, 0.1) is 23.1 Å². The summed E-state index contributed by atoms with van der Waals surface area (Å²) in [5.41, 5.74) is -2.53. The number of carbonyl (C=O) groups excluding carboxylic acids is 2. The van der Waals surface area contributed by atoms with Gasteiger partial charge in [-0.25, -0.2) is 4.39 Å². The molecule has 3 aromatic carbocycles. The topological polar surface area (TPSA) is 104 Å². The van der Waals surface area contributed by atoms with Crippen molar-refractivity contribution in [2.75, 3.05) is 13.2 Å². The van der Waals surface area contributed by atoms with Crippen LogP contribution in [-0.2, 0) is 15.3 Å². The Morgan fingerprint density at radius 3 is 2.17 bits per heavy atom. The molecule has 3 atom stereocenters. The largest absolute Gasteiger partial charge is 0.481 e. The first-order valence-corrected chi connectivity index (χ1v) is 13.6. The highest BCUT2D eigenvalue weighted by Gasteiger charge is 2.56. The average molecular weight is 586 g/mol. The molecule has 208 valence electrons. The summed E-state index contributed by atoms with van der Waals surface area (Å²) in [4.78, 5) is 40.8. The van der Waals surface area contributed by atoms with Gasteiger partial charge in [0.25, 0.3) is 5.91 Å². The van der Waals surface area contributed by atoms with Gasteiger partial charge < -0.3 is 14.9 Å². The molecule has 10 heteroatoms. The molecule has 2 aliphatic rings. The SMILES string of the molecule is C[C@H](C(=O)O)[C@@H](c1ccc(Cl)cc1)N1C(=O)c2cc(C(=O)C3CCOCC3)cc(F)c2C1(O)c1ccc(Cl)cc1. The smallest absolute Gasteiger partial charge is 0.308 e. The minimum Gasteiger partial charge on any atom is -0.481 e. The summed E-state index contributed by atoms with van der Waals surface area (Å²) in [6.45, 7) is 2.21. The van der Waals surface area contributed by atoms with Crippen molar-refractivity contribution in [2.45, 2.75) is 31.5 Å². The van der Waals surface area contributed by atoms with E-state index in [1.165, 1.54) is 37.3 Å². The molecule has 0 aromatic heterocycles. The first-order valence-electron chi connectivity index (χ1n) is 12.8. The van der Waals surface area contributed by atoms with Gasteiger partial charge in [0, 0.05) is 40.3 Å². The van der Waals surface area contributed by atoms with Crippen molar-refractivity contribution < 1.29 is 33.7 Å². The maximum Gasteiger partial charge on any atom is 0.308 e. The molecule has 40 heavy (non-hydrogen) atoms. The van der Waals surface area contributed by atoms with E-state index in [1.54, 1.807) is 24.3 Å². The van der Waals surface area contributed by atoms with Gasteiger partial charge in [-0.15, -0.1) is 0 Å². The highest BCUT2D eigenvalue weighted by atomic mass is 35.5. The van der Waals surface area contributed by atoms with Crippen LogP contribution < -0.4 is 0 Å². The monoisotopic (exact) mass is 585 g/mol. The second-order valence-corrected chi connectivity index (χ2v) is 11.0. The predicted octanol–water partition coefficient (Wildman–Crippen LogP) is 5.85. The molecule has 1 saturated heterocycles. The molecule has 0 bridgehead atoms. The van der Waals surface area contributed by atoms with Crippen molar-refractivity contribution in [3.05, 3.63) is 104 Å². The molecule has 1 fully saturated rings. The van der Waals surface area contributed by atoms with E-state index in [-0.39, 0.29) is 34.0 Å². The molecule has 1 amide bonds. The van der Waals surface area contributed by atoms with Crippen LogP contribution in [0.2, 0.25) is 10.0 Å². The van der Waals surface area contributed by atoms with E-state index in [9.17, 15) is 24.6 Å². The third-order valence-electron chi connectivity index (χ3n) is 7.71. The minimum atomic E-state index is -2.42. The number of amides is 1. The van der Waals surface area contributed by atoms with Crippen molar-refractivity contribution in [1.82, 2.24) is 4.90 Å².